The van der Waals surface area contributed by atoms with Crippen molar-refractivity contribution in [2.24, 2.45) is 0 Å². The van der Waals surface area contributed by atoms with Gasteiger partial charge in [-0.05, 0) is 24.8 Å². The van der Waals surface area contributed by atoms with Crippen LogP contribution in [0.2, 0.25) is 0 Å². The monoisotopic (exact) mass is 540 g/mol. The second-order valence-electron chi connectivity index (χ2n) is 9.27. The van der Waals surface area contributed by atoms with Crippen molar-refractivity contribution in [3.8, 4) is 11.4 Å². The fourth-order valence-electron chi connectivity index (χ4n) is 4.29. The van der Waals surface area contributed by atoms with Crippen LogP contribution in [0.1, 0.15) is 42.4 Å². The Bertz CT molecular complexity index is 1310. The molecule has 10 nitrogen and oxygen atoms in total. The molecule has 2 heterocycles. The van der Waals surface area contributed by atoms with Gasteiger partial charge in [0.1, 0.15) is 6.04 Å². The van der Waals surface area contributed by atoms with Gasteiger partial charge >= 0.3 is 0 Å². The number of hydrogen-bond acceptors (Lipinski definition) is 9. The number of nitrogens with zero attached hydrogens (tertiary/aromatic N) is 2. The quantitative estimate of drug-likeness (QED) is 0.332. The molecule has 1 aromatic heterocycles. The number of carbonyl (C=O) groups is 2. The second kappa shape index (κ2) is 12.9. The van der Waals surface area contributed by atoms with Crippen LogP contribution in [-0.2, 0) is 25.1 Å². The van der Waals surface area contributed by atoms with E-state index in [9.17, 15) is 18.0 Å². The van der Waals surface area contributed by atoms with Gasteiger partial charge < -0.3 is 19.9 Å². The summed E-state index contributed by atoms with van der Waals surface area (Å²) < 4.78 is 36.7. The number of carbonyl (C=O) groups excluding carboxylic acids is 2. The molecule has 1 amide bonds. The largest absolute Gasteiger partial charge is 0.381 e. The van der Waals surface area contributed by atoms with Crippen LogP contribution < -0.4 is 10.6 Å². The van der Waals surface area contributed by atoms with Crippen LogP contribution in [0, 0.1) is 0 Å². The van der Waals surface area contributed by atoms with Gasteiger partial charge in [-0.25, -0.2) is 8.42 Å². The first-order valence-corrected chi connectivity index (χ1v) is 14.5. The standard InChI is InChI=1S/C27H32N4O6S/c1-2-22(24(32)27-30-25(31-37-27)20-11-7-4-8-12-20)29-26(33)23(28-21-13-15-36-16-14-21)18-38(34,35)17-19-9-5-3-6-10-19/h3-12,21-23,28H,2,13-18H2,1H3,(H,29,33). The molecule has 2 N–H and O–H groups in total. The normalized spacial score (nSPS) is 16.0. The zero-order valence-corrected chi connectivity index (χ0v) is 22.0. The summed E-state index contributed by atoms with van der Waals surface area (Å²) in [6, 6.07) is 15.8. The van der Waals surface area contributed by atoms with Crippen molar-refractivity contribution in [1.29, 1.82) is 0 Å². The molecule has 2 aromatic carbocycles. The van der Waals surface area contributed by atoms with Gasteiger partial charge in [0.2, 0.25) is 17.5 Å². The van der Waals surface area contributed by atoms with Crippen molar-refractivity contribution in [3.05, 3.63) is 72.1 Å². The summed E-state index contributed by atoms with van der Waals surface area (Å²) in [6.45, 7) is 2.80. The molecule has 2 atom stereocenters. The highest BCUT2D eigenvalue weighted by Crippen LogP contribution is 2.17. The Hall–Kier alpha value is -3.41. The number of aromatic nitrogens is 2. The van der Waals surface area contributed by atoms with Gasteiger partial charge in [-0.2, -0.15) is 4.98 Å². The smallest absolute Gasteiger partial charge is 0.296 e. The van der Waals surface area contributed by atoms with Crippen LogP contribution in [0.5, 0.6) is 0 Å². The topological polar surface area (TPSA) is 140 Å². The van der Waals surface area contributed by atoms with Crippen molar-refractivity contribution in [1.82, 2.24) is 20.8 Å². The Morgan fingerprint density at radius 1 is 1.00 bits per heavy atom. The summed E-state index contributed by atoms with van der Waals surface area (Å²) in [7, 11) is -3.65. The van der Waals surface area contributed by atoms with E-state index in [1.807, 2.05) is 24.3 Å². The molecule has 0 saturated carbocycles. The first-order valence-electron chi connectivity index (χ1n) is 12.7. The molecule has 0 bridgehead atoms. The van der Waals surface area contributed by atoms with Gasteiger partial charge in [0.15, 0.2) is 9.84 Å². The number of amides is 1. The van der Waals surface area contributed by atoms with Gasteiger partial charge in [0, 0.05) is 24.8 Å². The van der Waals surface area contributed by atoms with Crippen molar-refractivity contribution in [3.63, 3.8) is 0 Å². The van der Waals surface area contributed by atoms with Gasteiger partial charge in [-0.1, -0.05) is 72.7 Å². The number of nitrogens with one attached hydrogen (secondary N) is 2. The Balaban J connectivity index is 1.47. The molecule has 1 aliphatic heterocycles. The molecule has 1 aliphatic rings. The van der Waals surface area contributed by atoms with E-state index in [1.165, 1.54) is 0 Å². The Kier molecular flexibility index (Phi) is 9.38. The molecule has 0 aliphatic carbocycles. The number of ketones is 1. The van der Waals surface area contributed by atoms with E-state index in [1.54, 1.807) is 43.3 Å². The number of rotatable bonds is 12. The third-order valence-electron chi connectivity index (χ3n) is 6.33. The van der Waals surface area contributed by atoms with Gasteiger partial charge in [0.25, 0.3) is 5.89 Å². The number of ether oxygens (including phenoxy) is 1. The zero-order chi connectivity index (χ0) is 27.0. The van der Waals surface area contributed by atoms with E-state index in [4.69, 9.17) is 9.26 Å². The number of benzene rings is 2. The molecular weight excluding hydrogens is 508 g/mol. The summed E-state index contributed by atoms with van der Waals surface area (Å²) in [6.07, 6.45) is 1.57. The fraction of sp³-hybridized carbons (Fsp3) is 0.407. The van der Waals surface area contributed by atoms with Crippen LogP contribution in [0.4, 0.5) is 0 Å². The maximum Gasteiger partial charge on any atom is 0.296 e. The highest BCUT2D eigenvalue weighted by atomic mass is 32.2. The molecule has 38 heavy (non-hydrogen) atoms. The Morgan fingerprint density at radius 2 is 1.66 bits per heavy atom. The highest BCUT2D eigenvalue weighted by molar-refractivity contribution is 7.90. The van der Waals surface area contributed by atoms with Crippen molar-refractivity contribution < 1.29 is 27.3 Å². The first-order chi connectivity index (χ1) is 18.3. The number of Topliss-reactive ketones (excluding diaryl/α,β-unsaturated/α-hetero) is 1. The lowest BCUT2D eigenvalue weighted by molar-refractivity contribution is -0.123. The molecule has 11 heteroatoms. The van der Waals surface area contributed by atoms with E-state index in [0.717, 1.165) is 0 Å². The lowest BCUT2D eigenvalue weighted by atomic mass is 10.1. The Labute approximate surface area is 222 Å². The minimum atomic E-state index is -3.65. The first kappa shape index (κ1) is 27.6. The lowest BCUT2D eigenvalue weighted by Crippen LogP contribution is -2.55. The van der Waals surface area contributed by atoms with Crippen LogP contribution in [-0.4, -0.2) is 67.3 Å². The predicted octanol–water partition coefficient (Wildman–Crippen LogP) is 2.57. The third kappa shape index (κ3) is 7.56. The Morgan fingerprint density at radius 3 is 2.32 bits per heavy atom. The van der Waals surface area contributed by atoms with Crippen molar-refractivity contribution >= 4 is 21.5 Å². The zero-order valence-electron chi connectivity index (χ0n) is 21.2. The van der Waals surface area contributed by atoms with E-state index < -0.39 is 39.4 Å². The highest BCUT2D eigenvalue weighted by Gasteiger charge is 2.32. The molecule has 202 valence electrons. The predicted molar refractivity (Wildman–Crippen MR) is 141 cm³/mol. The average molecular weight is 541 g/mol. The maximum absolute atomic E-state index is 13.4. The van der Waals surface area contributed by atoms with Crippen LogP contribution >= 0.6 is 0 Å². The fourth-order valence-corrected chi connectivity index (χ4v) is 5.87. The minimum absolute atomic E-state index is 0.0772. The summed E-state index contributed by atoms with van der Waals surface area (Å²) in [5, 5.41) is 9.79. The molecule has 1 fully saturated rings. The summed E-state index contributed by atoms with van der Waals surface area (Å²) in [4.78, 5) is 30.7. The number of hydrogen-bond donors (Lipinski definition) is 2. The molecular formula is C27H32N4O6S. The van der Waals surface area contributed by atoms with Gasteiger partial charge in [-0.3, -0.25) is 9.59 Å². The summed E-state index contributed by atoms with van der Waals surface area (Å²) in [5.41, 5.74) is 1.33. The SMILES string of the molecule is CCC(NC(=O)C(CS(=O)(=O)Cc1ccccc1)NC1CCOCC1)C(=O)c1nc(-c2ccccc2)no1. The van der Waals surface area contributed by atoms with Crippen LogP contribution in [0.25, 0.3) is 11.4 Å². The maximum atomic E-state index is 13.4. The van der Waals surface area contributed by atoms with E-state index >= 15 is 0 Å². The summed E-state index contributed by atoms with van der Waals surface area (Å²) >= 11 is 0. The number of sulfone groups is 1. The molecule has 0 radical (unpaired) electrons. The third-order valence-corrected chi connectivity index (χ3v) is 7.95. The van der Waals surface area contributed by atoms with Gasteiger partial charge in [-0.15, -0.1) is 0 Å². The molecule has 0 spiro atoms. The van der Waals surface area contributed by atoms with E-state index in [-0.39, 0.29) is 29.9 Å². The summed E-state index contributed by atoms with van der Waals surface area (Å²) in [5.74, 6) is -1.66. The van der Waals surface area contributed by atoms with Crippen LogP contribution in [0.15, 0.2) is 65.2 Å². The van der Waals surface area contributed by atoms with Crippen LogP contribution in [0.3, 0.4) is 0 Å². The molecule has 4 rings (SSSR count). The van der Waals surface area contributed by atoms with Gasteiger partial charge in [0.05, 0.1) is 17.5 Å². The average Bonchev–Trinajstić information content (AvgIpc) is 3.43. The second-order valence-corrected chi connectivity index (χ2v) is 11.4. The molecule has 3 aromatic rings. The minimum Gasteiger partial charge on any atom is -0.381 e. The molecule has 1 saturated heterocycles. The molecule has 2 unspecified atom stereocenters. The van der Waals surface area contributed by atoms with E-state index in [0.29, 0.717) is 37.2 Å². The lowest BCUT2D eigenvalue weighted by Gasteiger charge is -2.29. The van der Waals surface area contributed by atoms with Crippen molar-refractivity contribution in [2.45, 2.75) is 50.1 Å². The van der Waals surface area contributed by atoms with E-state index in [2.05, 4.69) is 20.8 Å². The van der Waals surface area contributed by atoms with Crippen molar-refractivity contribution in [2.75, 3.05) is 19.0 Å².